The van der Waals surface area contributed by atoms with E-state index in [0.29, 0.717) is 17.0 Å². The van der Waals surface area contributed by atoms with Gasteiger partial charge in [-0.05, 0) is 30.2 Å². The van der Waals surface area contributed by atoms with E-state index in [2.05, 4.69) is 5.32 Å². The third-order valence-corrected chi connectivity index (χ3v) is 6.29. The minimum absolute atomic E-state index is 0.0325. The minimum Gasteiger partial charge on any atom is -0.381 e. The van der Waals surface area contributed by atoms with E-state index in [1.165, 1.54) is 18.2 Å². The lowest BCUT2D eigenvalue weighted by Gasteiger charge is -2.25. The van der Waals surface area contributed by atoms with Crippen LogP contribution in [0.15, 0.2) is 48.5 Å². The van der Waals surface area contributed by atoms with Crippen molar-refractivity contribution in [2.24, 2.45) is 0 Å². The first-order chi connectivity index (χ1) is 13.7. The Hall–Kier alpha value is -2.29. The summed E-state index contributed by atoms with van der Waals surface area (Å²) in [6.07, 6.45) is 0.321. The van der Waals surface area contributed by atoms with Gasteiger partial charge in [-0.2, -0.15) is 8.42 Å². The summed E-state index contributed by atoms with van der Waals surface area (Å²) in [7, 11) is -4.11. The second-order valence-electron chi connectivity index (χ2n) is 6.43. The van der Waals surface area contributed by atoms with Crippen LogP contribution in [0.2, 0.25) is 10.0 Å². The predicted molar refractivity (Wildman–Crippen MR) is 110 cm³/mol. The summed E-state index contributed by atoms with van der Waals surface area (Å²) in [6, 6.07) is 12.3. The number of hydrogen-bond donors (Lipinski definition) is 1. The number of halogens is 2. The third-order valence-electron chi connectivity index (χ3n) is 4.65. The molecule has 154 valence electrons. The first-order valence-corrected chi connectivity index (χ1v) is 11.1. The summed E-state index contributed by atoms with van der Waals surface area (Å²) in [4.78, 5) is 26.3. The number of nitrogens with one attached hydrogen (secondary N) is 1. The predicted octanol–water partition coefficient (Wildman–Crippen LogP) is 3.56. The molecule has 1 saturated heterocycles. The number of benzene rings is 2. The van der Waals surface area contributed by atoms with Gasteiger partial charge in [0.05, 0.1) is 5.02 Å². The number of hydrogen-bond acceptors (Lipinski definition) is 5. The van der Waals surface area contributed by atoms with E-state index in [1.807, 2.05) is 0 Å². The van der Waals surface area contributed by atoms with Gasteiger partial charge in [-0.3, -0.25) is 9.69 Å². The molecule has 29 heavy (non-hydrogen) atoms. The average Bonchev–Trinajstić information content (AvgIpc) is 2.93. The van der Waals surface area contributed by atoms with Gasteiger partial charge in [-0.15, -0.1) is 0 Å². The van der Waals surface area contributed by atoms with Crippen LogP contribution in [0.25, 0.3) is 0 Å². The molecule has 10 heteroatoms. The highest BCUT2D eigenvalue weighted by atomic mass is 35.5. The average molecular weight is 457 g/mol. The highest BCUT2D eigenvalue weighted by Gasteiger charge is 2.51. The van der Waals surface area contributed by atoms with Gasteiger partial charge in [0.1, 0.15) is 11.3 Å². The van der Waals surface area contributed by atoms with E-state index in [4.69, 9.17) is 27.4 Å². The smallest absolute Gasteiger partial charge is 0.325 e. The maximum Gasteiger partial charge on any atom is 0.325 e. The molecule has 7 nitrogen and oxygen atoms in total. The normalized spacial score (nSPS) is 19.3. The number of amides is 3. The molecule has 0 unspecified atom stereocenters. The fourth-order valence-electron chi connectivity index (χ4n) is 3.12. The molecule has 1 heterocycles. The minimum atomic E-state index is -4.11. The Morgan fingerprint density at radius 2 is 1.79 bits per heavy atom. The van der Waals surface area contributed by atoms with Gasteiger partial charge in [0, 0.05) is 11.6 Å². The molecule has 2 aromatic rings. The van der Waals surface area contributed by atoms with E-state index < -0.39 is 33.3 Å². The van der Waals surface area contributed by atoms with Crippen molar-refractivity contribution in [3.05, 3.63) is 64.1 Å². The second-order valence-corrected chi connectivity index (χ2v) is 8.97. The maximum absolute atomic E-state index is 13.0. The molecule has 1 fully saturated rings. The Morgan fingerprint density at radius 3 is 2.41 bits per heavy atom. The topological polar surface area (TPSA) is 92.8 Å². The summed E-state index contributed by atoms with van der Waals surface area (Å²) >= 11 is 11.7. The number of nitrogens with zero attached hydrogens (tertiary/aromatic N) is 1. The van der Waals surface area contributed by atoms with E-state index in [1.54, 1.807) is 37.3 Å². The number of imide groups is 1. The molecule has 0 aromatic heterocycles. The van der Waals surface area contributed by atoms with Crippen LogP contribution in [0, 0.1) is 0 Å². The van der Waals surface area contributed by atoms with Crippen LogP contribution in [-0.2, 0) is 20.5 Å². The van der Waals surface area contributed by atoms with Crippen molar-refractivity contribution in [1.29, 1.82) is 0 Å². The highest BCUT2D eigenvalue weighted by Crippen LogP contribution is 2.32. The van der Waals surface area contributed by atoms with Gasteiger partial charge in [0.15, 0.2) is 5.75 Å². The molecule has 1 N–H and O–H groups in total. The van der Waals surface area contributed by atoms with Crippen molar-refractivity contribution in [1.82, 2.24) is 10.2 Å². The first-order valence-electron chi connectivity index (χ1n) is 8.75. The molecular formula is C19H18Cl2N2O5S. The molecule has 3 amide bonds. The SMILES string of the molecule is CC[C@@]1(c2ccccc2)NC(=O)N(CCS(=O)(=O)Oc2ccc(Cl)cc2Cl)C1=O. The van der Waals surface area contributed by atoms with Crippen LogP contribution in [0.1, 0.15) is 18.9 Å². The summed E-state index contributed by atoms with van der Waals surface area (Å²) < 4.78 is 29.6. The molecule has 1 aliphatic rings. The molecule has 0 radical (unpaired) electrons. The highest BCUT2D eigenvalue weighted by molar-refractivity contribution is 7.87. The van der Waals surface area contributed by atoms with Crippen molar-refractivity contribution in [3.63, 3.8) is 0 Å². The zero-order valence-corrected chi connectivity index (χ0v) is 17.7. The maximum atomic E-state index is 13.0. The molecule has 0 spiro atoms. The van der Waals surface area contributed by atoms with Crippen LogP contribution >= 0.6 is 23.2 Å². The number of rotatable bonds is 7. The first kappa shape index (κ1) is 21.4. The Labute approximate surface area is 178 Å². The fourth-order valence-corrected chi connectivity index (χ4v) is 4.52. The third kappa shape index (κ3) is 4.34. The Morgan fingerprint density at radius 1 is 1.10 bits per heavy atom. The molecule has 0 aliphatic carbocycles. The molecule has 1 atom stereocenters. The molecule has 0 bridgehead atoms. The lowest BCUT2D eigenvalue weighted by Crippen LogP contribution is -2.43. The zero-order chi connectivity index (χ0) is 21.2. The molecule has 0 saturated carbocycles. The summed E-state index contributed by atoms with van der Waals surface area (Å²) in [5.41, 5.74) is -0.585. The largest absolute Gasteiger partial charge is 0.381 e. The van der Waals surface area contributed by atoms with Crippen LogP contribution in [0.4, 0.5) is 4.79 Å². The van der Waals surface area contributed by atoms with Crippen LogP contribution in [0.5, 0.6) is 5.75 Å². The van der Waals surface area contributed by atoms with E-state index >= 15 is 0 Å². The molecular weight excluding hydrogens is 439 g/mol. The van der Waals surface area contributed by atoms with Gasteiger partial charge < -0.3 is 9.50 Å². The van der Waals surface area contributed by atoms with E-state index in [9.17, 15) is 18.0 Å². The van der Waals surface area contributed by atoms with Crippen LogP contribution < -0.4 is 9.50 Å². The second kappa shape index (κ2) is 8.22. The zero-order valence-electron chi connectivity index (χ0n) is 15.4. The van der Waals surface area contributed by atoms with E-state index in [0.717, 1.165) is 4.90 Å². The quantitative estimate of drug-likeness (QED) is 0.507. The lowest BCUT2D eigenvalue weighted by molar-refractivity contribution is -0.131. The van der Waals surface area contributed by atoms with E-state index in [-0.39, 0.29) is 17.3 Å². The van der Waals surface area contributed by atoms with Gasteiger partial charge in [0.2, 0.25) is 0 Å². The van der Waals surface area contributed by atoms with Crippen LogP contribution in [0.3, 0.4) is 0 Å². The molecule has 1 aliphatic heterocycles. The number of carbonyl (C=O) groups excluding carboxylic acids is 2. The van der Waals surface area contributed by atoms with Crippen molar-refractivity contribution in [2.75, 3.05) is 12.3 Å². The number of carbonyl (C=O) groups is 2. The summed E-state index contributed by atoms with van der Waals surface area (Å²) in [5.74, 6) is -1.17. The van der Waals surface area contributed by atoms with Gasteiger partial charge in [0.25, 0.3) is 5.91 Å². The summed E-state index contributed by atoms with van der Waals surface area (Å²) in [5, 5.41) is 3.06. The fraction of sp³-hybridized carbons (Fsp3) is 0.263. The summed E-state index contributed by atoms with van der Waals surface area (Å²) in [6.45, 7) is 1.42. The monoisotopic (exact) mass is 456 g/mol. The lowest BCUT2D eigenvalue weighted by atomic mass is 9.87. The number of urea groups is 1. The van der Waals surface area contributed by atoms with Crippen LogP contribution in [-0.4, -0.2) is 37.6 Å². The van der Waals surface area contributed by atoms with Crippen molar-refractivity contribution in [3.8, 4) is 5.75 Å². The molecule has 2 aromatic carbocycles. The van der Waals surface area contributed by atoms with Crippen molar-refractivity contribution in [2.45, 2.75) is 18.9 Å². The van der Waals surface area contributed by atoms with Gasteiger partial charge in [-0.1, -0.05) is 60.5 Å². The van der Waals surface area contributed by atoms with Crippen molar-refractivity contribution < 1.29 is 22.2 Å². The van der Waals surface area contributed by atoms with Gasteiger partial charge >= 0.3 is 16.1 Å². The standard InChI is InChI=1S/C19H18Cl2N2O5S/c1-2-19(13-6-4-3-5-7-13)17(24)23(18(25)22-19)10-11-29(26,27)28-16-9-8-14(20)12-15(16)21/h3-9,12H,2,10-11H2,1H3,(H,22,25)/t19-/m0/s1. The van der Waals surface area contributed by atoms with Gasteiger partial charge in [-0.25, -0.2) is 4.79 Å². The Bertz CT molecular complexity index is 1050. The Kier molecular flexibility index (Phi) is 6.07. The van der Waals surface area contributed by atoms with Crippen molar-refractivity contribution >= 4 is 45.3 Å². The Balaban J connectivity index is 1.75. The molecule has 3 rings (SSSR count).